The summed E-state index contributed by atoms with van der Waals surface area (Å²) in [5.41, 5.74) is 3.10. The van der Waals surface area contributed by atoms with Crippen LogP contribution in [0.25, 0.3) is 0 Å². The van der Waals surface area contributed by atoms with E-state index in [1.54, 1.807) is 19.1 Å². The molecule has 2 aromatic carbocycles. The largest absolute Gasteiger partial charge is 0.469 e. The Morgan fingerprint density at radius 2 is 2.03 bits per heavy atom. The fourth-order valence-corrected chi connectivity index (χ4v) is 3.38. The molecule has 0 unspecified atom stereocenters. The molecule has 1 heterocycles. The minimum absolute atomic E-state index is 0.0610. The highest BCUT2D eigenvalue weighted by Gasteiger charge is 2.15. The van der Waals surface area contributed by atoms with Crippen LogP contribution in [-0.2, 0) is 14.3 Å². The third-order valence-corrected chi connectivity index (χ3v) is 4.99. The van der Waals surface area contributed by atoms with Crippen LogP contribution in [0.1, 0.15) is 12.0 Å². The zero-order valence-corrected chi connectivity index (χ0v) is 16.8. The Labute approximate surface area is 172 Å². The molecule has 6 nitrogen and oxygen atoms in total. The van der Waals surface area contributed by atoms with Gasteiger partial charge in [-0.05, 0) is 48.9 Å². The molecule has 150 valence electrons. The van der Waals surface area contributed by atoms with E-state index >= 15 is 0 Å². The van der Waals surface area contributed by atoms with Gasteiger partial charge < -0.3 is 15.4 Å². The molecule has 0 spiro atoms. The molecular formula is C21H20FN3O3S. The molecule has 1 aliphatic heterocycles. The van der Waals surface area contributed by atoms with E-state index in [1.807, 2.05) is 24.3 Å². The molecule has 0 fully saturated rings. The number of carbonyl (C=O) groups is 2. The van der Waals surface area contributed by atoms with Gasteiger partial charge in [0.1, 0.15) is 5.82 Å². The van der Waals surface area contributed by atoms with E-state index in [2.05, 4.69) is 15.6 Å². The molecule has 0 bridgehead atoms. The number of nitrogens with zero attached hydrogens (tertiary/aromatic N) is 1. The monoisotopic (exact) mass is 413 g/mol. The second-order valence-electron chi connectivity index (χ2n) is 6.32. The third kappa shape index (κ3) is 5.68. The summed E-state index contributed by atoms with van der Waals surface area (Å²) < 4.78 is 18.1. The normalized spacial score (nSPS) is 12.7. The first kappa shape index (κ1) is 20.6. The molecule has 0 aliphatic carbocycles. The number of ether oxygens (including phenoxy) is 1. The van der Waals surface area contributed by atoms with E-state index in [4.69, 9.17) is 4.74 Å². The van der Waals surface area contributed by atoms with Crippen molar-refractivity contribution < 1.29 is 18.7 Å². The third-order valence-electron chi connectivity index (χ3n) is 4.08. The lowest BCUT2D eigenvalue weighted by atomic mass is 10.2. The summed E-state index contributed by atoms with van der Waals surface area (Å²) in [6, 6.07) is 11.9. The second-order valence-corrected chi connectivity index (χ2v) is 7.31. The van der Waals surface area contributed by atoms with E-state index in [0.717, 1.165) is 5.69 Å². The number of rotatable bonds is 5. The minimum Gasteiger partial charge on any atom is -0.469 e. The number of aryl methyl sites for hydroxylation is 1. The van der Waals surface area contributed by atoms with Crippen LogP contribution >= 0.6 is 11.8 Å². The van der Waals surface area contributed by atoms with Crippen molar-refractivity contribution in [1.29, 1.82) is 0 Å². The van der Waals surface area contributed by atoms with Crippen LogP contribution in [0.5, 0.6) is 0 Å². The molecule has 29 heavy (non-hydrogen) atoms. The number of fused-ring (bicyclic) bond motifs is 1. The first-order valence-corrected chi connectivity index (χ1v) is 9.84. The molecule has 1 amide bonds. The predicted molar refractivity (Wildman–Crippen MR) is 114 cm³/mol. The average Bonchev–Trinajstić information content (AvgIpc) is 2.87. The number of benzene rings is 2. The summed E-state index contributed by atoms with van der Waals surface area (Å²) in [7, 11) is 1.33. The maximum Gasteiger partial charge on any atom is 0.311 e. The highest BCUT2D eigenvalue weighted by Crippen LogP contribution is 2.31. The Kier molecular flexibility index (Phi) is 6.66. The van der Waals surface area contributed by atoms with Crippen molar-refractivity contribution in [2.24, 2.45) is 4.99 Å². The molecule has 3 rings (SSSR count). The van der Waals surface area contributed by atoms with Gasteiger partial charge in [0, 0.05) is 11.4 Å². The zero-order chi connectivity index (χ0) is 20.8. The predicted octanol–water partition coefficient (Wildman–Crippen LogP) is 4.41. The minimum atomic E-state index is -0.378. The van der Waals surface area contributed by atoms with Gasteiger partial charge in [-0.15, -0.1) is 0 Å². The summed E-state index contributed by atoms with van der Waals surface area (Å²) in [4.78, 5) is 28.6. The van der Waals surface area contributed by atoms with Crippen molar-refractivity contribution in [3.05, 3.63) is 65.6 Å². The van der Waals surface area contributed by atoms with Gasteiger partial charge in [-0.25, -0.2) is 9.38 Å². The number of para-hydroxylation sites is 2. The van der Waals surface area contributed by atoms with Gasteiger partial charge in [-0.2, -0.15) is 0 Å². The Morgan fingerprint density at radius 1 is 1.24 bits per heavy atom. The molecular weight excluding hydrogens is 393 g/mol. The molecule has 8 heteroatoms. The zero-order valence-electron chi connectivity index (χ0n) is 16.0. The van der Waals surface area contributed by atoms with Crippen molar-refractivity contribution >= 4 is 45.7 Å². The lowest BCUT2D eigenvalue weighted by Gasteiger charge is -2.09. The van der Waals surface area contributed by atoms with Crippen molar-refractivity contribution in [3.63, 3.8) is 0 Å². The SMILES string of the molecule is COC(=O)CC1=CC(SCC(=O)Nc2ccc(F)c(C)c2)=Nc2ccccc2N1. The van der Waals surface area contributed by atoms with Crippen molar-refractivity contribution in [2.75, 3.05) is 23.5 Å². The molecule has 2 N–H and O–H groups in total. The van der Waals surface area contributed by atoms with Crippen molar-refractivity contribution in [1.82, 2.24) is 0 Å². The molecule has 0 atom stereocenters. The van der Waals surface area contributed by atoms with Crippen LogP contribution in [-0.4, -0.2) is 29.8 Å². The molecule has 0 aromatic heterocycles. The smallest absolute Gasteiger partial charge is 0.311 e. The van der Waals surface area contributed by atoms with Gasteiger partial charge in [-0.3, -0.25) is 9.59 Å². The summed E-state index contributed by atoms with van der Waals surface area (Å²) in [6.07, 6.45) is 1.79. The number of esters is 1. The number of anilines is 2. The number of hydrogen-bond acceptors (Lipinski definition) is 6. The number of nitrogens with one attached hydrogen (secondary N) is 2. The standard InChI is InChI=1S/C21H20FN3O3S/c1-13-9-14(7-8-16(13)22)24-19(26)12-29-20-10-15(11-21(27)28-2)23-17-5-3-4-6-18(17)25-20/h3-10,23H,11-12H2,1-2H3,(H,24,26). The second kappa shape index (κ2) is 9.38. The van der Waals surface area contributed by atoms with Crippen molar-refractivity contribution in [3.8, 4) is 0 Å². The molecule has 1 aliphatic rings. The molecule has 0 saturated carbocycles. The number of methoxy groups -OCH3 is 1. The van der Waals surface area contributed by atoms with Gasteiger partial charge in [-0.1, -0.05) is 23.9 Å². The number of halogens is 1. The number of hydrogen-bond donors (Lipinski definition) is 2. The number of amides is 1. The fourth-order valence-electron chi connectivity index (χ4n) is 2.64. The summed E-state index contributed by atoms with van der Waals surface area (Å²) in [5.74, 6) is -0.826. The number of aliphatic imine (C=N–C) groups is 1. The topological polar surface area (TPSA) is 79.8 Å². The summed E-state index contributed by atoms with van der Waals surface area (Å²) in [6.45, 7) is 1.64. The van der Waals surface area contributed by atoms with Gasteiger partial charge in [0.15, 0.2) is 0 Å². The van der Waals surface area contributed by atoms with E-state index < -0.39 is 0 Å². The van der Waals surface area contributed by atoms with Crippen LogP contribution in [0.15, 0.2) is 59.2 Å². The van der Waals surface area contributed by atoms with Crippen molar-refractivity contribution in [2.45, 2.75) is 13.3 Å². The number of carbonyl (C=O) groups excluding carboxylic acids is 2. The Balaban J connectivity index is 1.72. The van der Waals surface area contributed by atoms with E-state index in [0.29, 0.717) is 27.7 Å². The lowest BCUT2D eigenvalue weighted by molar-refractivity contribution is -0.139. The van der Waals surface area contributed by atoms with Gasteiger partial charge in [0.25, 0.3) is 0 Å². The van der Waals surface area contributed by atoms with Crippen LogP contribution in [0, 0.1) is 12.7 Å². The maximum atomic E-state index is 13.4. The first-order chi connectivity index (χ1) is 13.9. The van der Waals surface area contributed by atoms with Gasteiger partial charge in [0.2, 0.25) is 5.91 Å². The van der Waals surface area contributed by atoms with E-state index in [1.165, 1.54) is 31.0 Å². The Hall–Kier alpha value is -3.13. The lowest BCUT2D eigenvalue weighted by Crippen LogP contribution is -2.15. The Bertz CT molecular complexity index is 1000. The quantitative estimate of drug-likeness (QED) is 0.710. The van der Waals surface area contributed by atoms with Crippen LogP contribution < -0.4 is 10.6 Å². The first-order valence-electron chi connectivity index (χ1n) is 8.85. The molecule has 0 saturated heterocycles. The molecule has 2 aromatic rings. The summed E-state index contributed by atoms with van der Waals surface area (Å²) in [5, 5.41) is 6.52. The Morgan fingerprint density at radius 3 is 2.79 bits per heavy atom. The molecule has 0 radical (unpaired) electrons. The highest BCUT2D eigenvalue weighted by molar-refractivity contribution is 8.14. The highest BCUT2D eigenvalue weighted by atomic mass is 32.2. The van der Waals surface area contributed by atoms with E-state index in [-0.39, 0.29) is 29.9 Å². The fraction of sp³-hybridized carbons (Fsp3) is 0.190. The maximum absolute atomic E-state index is 13.4. The van der Waals surface area contributed by atoms with Crippen LogP contribution in [0.2, 0.25) is 0 Å². The van der Waals surface area contributed by atoms with Gasteiger partial charge >= 0.3 is 5.97 Å². The number of thioether (sulfide) groups is 1. The summed E-state index contributed by atoms with van der Waals surface area (Å²) >= 11 is 1.24. The van der Waals surface area contributed by atoms with Crippen LogP contribution in [0.3, 0.4) is 0 Å². The van der Waals surface area contributed by atoms with Gasteiger partial charge in [0.05, 0.1) is 35.7 Å². The van der Waals surface area contributed by atoms with E-state index in [9.17, 15) is 14.0 Å². The average molecular weight is 413 g/mol. The van der Waals surface area contributed by atoms with Crippen LogP contribution in [0.4, 0.5) is 21.5 Å².